The smallest absolute Gasteiger partial charge is 0.326 e. The minimum absolute atomic E-state index is 0.0945. The SMILES string of the molecule is CC[C@H](C)[C@@H]1NC(=O)CCCN(C(=O)CCc2cc(Cl)no2)CCCNC(=O)c2ccc3[nH]c(=O)n(c3c2)CCCNC1=O. The number of carbonyl (C=O) groups excluding carboxylic acids is 4. The van der Waals surface area contributed by atoms with Crippen molar-refractivity contribution in [1.29, 1.82) is 0 Å². The van der Waals surface area contributed by atoms with Gasteiger partial charge in [-0.2, -0.15) is 0 Å². The monoisotopic (exact) mass is 629 g/mol. The number of carbonyl (C=O) groups is 4. The van der Waals surface area contributed by atoms with Crippen molar-refractivity contribution in [2.45, 2.75) is 71.4 Å². The van der Waals surface area contributed by atoms with Crippen LogP contribution in [0.3, 0.4) is 0 Å². The summed E-state index contributed by atoms with van der Waals surface area (Å²) in [6.45, 7) is 5.52. The number of nitrogens with one attached hydrogen (secondary N) is 4. The molecule has 3 aromatic rings. The second-order valence-corrected chi connectivity index (χ2v) is 11.5. The van der Waals surface area contributed by atoms with Gasteiger partial charge in [0, 0.05) is 63.6 Å². The Morgan fingerprint density at radius 2 is 1.82 bits per heavy atom. The Labute approximate surface area is 260 Å². The van der Waals surface area contributed by atoms with Gasteiger partial charge in [-0.25, -0.2) is 4.79 Å². The highest BCUT2D eigenvalue weighted by atomic mass is 35.5. The van der Waals surface area contributed by atoms with Crippen LogP contribution in [-0.4, -0.2) is 75.5 Å². The Hall–Kier alpha value is -4.13. The summed E-state index contributed by atoms with van der Waals surface area (Å²) in [6.07, 6.45) is 2.69. The lowest BCUT2D eigenvalue weighted by atomic mass is 9.98. The Morgan fingerprint density at radius 3 is 2.57 bits per heavy atom. The van der Waals surface area contributed by atoms with Gasteiger partial charge >= 0.3 is 5.69 Å². The third-order valence-electron chi connectivity index (χ3n) is 7.90. The van der Waals surface area contributed by atoms with E-state index < -0.39 is 6.04 Å². The van der Waals surface area contributed by atoms with Crippen molar-refractivity contribution in [3.8, 4) is 0 Å². The highest BCUT2D eigenvalue weighted by molar-refractivity contribution is 6.29. The molecule has 0 saturated carbocycles. The molecule has 14 heteroatoms. The fourth-order valence-corrected chi connectivity index (χ4v) is 5.34. The average Bonchev–Trinajstić information content (AvgIpc) is 3.57. The van der Waals surface area contributed by atoms with Gasteiger partial charge < -0.3 is 30.4 Å². The number of amides is 4. The van der Waals surface area contributed by atoms with E-state index in [0.717, 1.165) is 0 Å². The molecule has 0 fully saturated rings. The van der Waals surface area contributed by atoms with Gasteiger partial charge in [0.2, 0.25) is 17.7 Å². The largest absolute Gasteiger partial charge is 0.360 e. The molecule has 0 unspecified atom stereocenters. The normalized spacial score (nSPS) is 18.8. The number of benzene rings is 1. The third kappa shape index (κ3) is 8.71. The molecule has 3 heterocycles. The van der Waals surface area contributed by atoms with E-state index in [2.05, 4.69) is 26.1 Å². The van der Waals surface area contributed by atoms with Gasteiger partial charge in [0.15, 0.2) is 5.15 Å². The lowest BCUT2D eigenvalue weighted by molar-refractivity contribution is -0.132. The van der Waals surface area contributed by atoms with E-state index in [-0.39, 0.29) is 53.2 Å². The number of hydrogen-bond acceptors (Lipinski definition) is 7. The molecule has 44 heavy (non-hydrogen) atoms. The van der Waals surface area contributed by atoms with Crippen LogP contribution in [0.2, 0.25) is 5.15 Å². The fraction of sp³-hybridized carbons (Fsp3) is 0.533. The molecule has 2 bridgehead atoms. The van der Waals surface area contributed by atoms with E-state index >= 15 is 0 Å². The van der Waals surface area contributed by atoms with Crippen molar-refractivity contribution in [2.75, 3.05) is 26.2 Å². The summed E-state index contributed by atoms with van der Waals surface area (Å²) >= 11 is 5.82. The van der Waals surface area contributed by atoms with Gasteiger partial charge in [-0.15, -0.1) is 0 Å². The fourth-order valence-electron chi connectivity index (χ4n) is 5.18. The Bertz CT molecular complexity index is 1530. The first-order valence-electron chi connectivity index (χ1n) is 15.1. The molecule has 0 radical (unpaired) electrons. The second-order valence-electron chi connectivity index (χ2n) is 11.1. The molecular weight excluding hydrogens is 590 g/mol. The number of aromatic nitrogens is 3. The maximum Gasteiger partial charge on any atom is 0.326 e. The molecule has 0 saturated heterocycles. The number of aromatic amines is 1. The first-order chi connectivity index (χ1) is 21.2. The van der Waals surface area contributed by atoms with Gasteiger partial charge in [-0.3, -0.25) is 23.7 Å². The molecule has 1 aromatic carbocycles. The van der Waals surface area contributed by atoms with E-state index in [0.29, 0.717) is 87.2 Å². The zero-order chi connectivity index (χ0) is 31.6. The molecule has 1 aliphatic heterocycles. The van der Waals surface area contributed by atoms with Crippen molar-refractivity contribution in [2.24, 2.45) is 5.92 Å². The van der Waals surface area contributed by atoms with Crippen molar-refractivity contribution in [3.63, 3.8) is 0 Å². The number of H-pyrrole nitrogens is 1. The standard InChI is InChI=1S/C30H40ClN7O6/c1-3-19(2)27-29(42)33-13-6-16-38-23-17-20(8-10-22(23)34-30(38)43)28(41)32-12-5-15-37(14-4-7-25(39)35-27)26(40)11-9-21-18-24(31)36-44-21/h8,10,17-19,27H,3-7,9,11-16H2,1-2H3,(H,32,41)(H,33,42)(H,34,43)(H,35,39)/t19-,27-/m0/s1. The predicted octanol–water partition coefficient (Wildman–Crippen LogP) is 2.38. The summed E-state index contributed by atoms with van der Waals surface area (Å²) in [5, 5.41) is 12.5. The maximum absolute atomic E-state index is 13.1. The number of hydrogen-bond donors (Lipinski definition) is 4. The first-order valence-corrected chi connectivity index (χ1v) is 15.5. The van der Waals surface area contributed by atoms with E-state index in [1.165, 1.54) is 0 Å². The summed E-state index contributed by atoms with van der Waals surface area (Å²) < 4.78 is 6.66. The van der Waals surface area contributed by atoms with Crippen molar-refractivity contribution in [3.05, 3.63) is 51.2 Å². The third-order valence-corrected chi connectivity index (χ3v) is 8.08. The quantitative estimate of drug-likeness (QED) is 0.335. The van der Waals surface area contributed by atoms with E-state index in [9.17, 15) is 24.0 Å². The number of aryl methyl sites for hydroxylation is 2. The molecule has 2 aromatic heterocycles. The van der Waals surface area contributed by atoms with Gasteiger partial charge in [-0.1, -0.05) is 37.0 Å². The van der Waals surface area contributed by atoms with Crippen molar-refractivity contribution >= 4 is 46.3 Å². The summed E-state index contributed by atoms with van der Waals surface area (Å²) in [7, 11) is 0. The van der Waals surface area contributed by atoms with Crippen LogP contribution in [0.4, 0.5) is 0 Å². The molecule has 4 amide bonds. The van der Waals surface area contributed by atoms with Crippen LogP contribution in [0.25, 0.3) is 11.0 Å². The van der Waals surface area contributed by atoms with E-state index in [1.807, 2.05) is 13.8 Å². The van der Waals surface area contributed by atoms with Gasteiger partial charge in [0.25, 0.3) is 5.91 Å². The number of fused-ring (bicyclic) bond motifs is 1. The van der Waals surface area contributed by atoms with Crippen LogP contribution in [0.5, 0.6) is 0 Å². The molecular formula is C30H40ClN7O6. The first kappa shape index (κ1) is 32.8. The number of nitrogens with zero attached hydrogens (tertiary/aromatic N) is 3. The van der Waals surface area contributed by atoms with Crippen LogP contribution < -0.4 is 21.6 Å². The van der Waals surface area contributed by atoms with Crippen LogP contribution in [0.15, 0.2) is 33.6 Å². The van der Waals surface area contributed by atoms with E-state index in [4.69, 9.17) is 16.1 Å². The van der Waals surface area contributed by atoms with Crippen LogP contribution >= 0.6 is 11.6 Å². The van der Waals surface area contributed by atoms with Crippen LogP contribution in [0, 0.1) is 5.92 Å². The zero-order valence-electron chi connectivity index (χ0n) is 25.1. The Morgan fingerprint density at radius 1 is 1.07 bits per heavy atom. The maximum atomic E-state index is 13.1. The molecule has 238 valence electrons. The van der Waals surface area contributed by atoms with Crippen molar-refractivity contribution < 1.29 is 23.7 Å². The molecule has 4 rings (SSSR count). The molecule has 1 aliphatic rings. The van der Waals surface area contributed by atoms with Crippen molar-refractivity contribution in [1.82, 2.24) is 35.6 Å². The highest BCUT2D eigenvalue weighted by Crippen LogP contribution is 2.15. The molecule has 0 aliphatic carbocycles. The Kier molecular flexibility index (Phi) is 11.6. The lowest BCUT2D eigenvalue weighted by Crippen LogP contribution is -2.50. The molecule has 0 spiro atoms. The minimum Gasteiger partial charge on any atom is -0.360 e. The van der Waals surface area contributed by atoms with Crippen LogP contribution in [-0.2, 0) is 27.3 Å². The summed E-state index contributed by atoms with van der Waals surface area (Å²) in [4.78, 5) is 69.1. The minimum atomic E-state index is -0.705. The summed E-state index contributed by atoms with van der Waals surface area (Å²) in [5.74, 6) is -0.574. The second kappa shape index (κ2) is 15.6. The Balaban J connectivity index is 1.50. The zero-order valence-corrected chi connectivity index (χ0v) is 25.9. The molecule has 4 N–H and O–H groups in total. The predicted molar refractivity (Wildman–Crippen MR) is 164 cm³/mol. The number of halogens is 1. The lowest BCUT2D eigenvalue weighted by Gasteiger charge is -2.25. The average molecular weight is 630 g/mol. The molecule has 2 atom stereocenters. The summed E-state index contributed by atoms with van der Waals surface area (Å²) in [5.41, 5.74) is 1.30. The summed E-state index contributed by atoms with van der Waals surface area (Å²) in [6, 6.07) is 5.88. The van der Waals surface area contributed by atoms with Gasteiger partial charge in [0.05, 0.1) is 11.0 Å². The molecule has 13 nitrogen and oxygen atoms in total. The number of imidazole rings is 1. The van der Waals surface area contributed by atoms with Gasteiger partial charge in [-0.05, 0) is 43.4 Å². The number of rotatable bonds is 5. The topological polar surface area (TPSA) is 171 Å². The highest BCUT2D eigenvalue weighted by Gasteiger charge is 2.26. The van der Waals surface area contributed by atoms with Crippen LogP contribution in [0.1, 0.15) is 68.5 Å². The van der Waals surface area contributed by atoms with Gasteiger partial charge in [0.1, 0.15) is 11.8 Å². The van der Waals surface area contributed by atoms with E-state index in [1.54, 1.807) is 33.7 Å².